The number of nitrogens with zero attached hydrogens (tertiary/aromatic N) is 3. The highest BCUT2D eigenvalue weighted by molar-refractivity contribution is 9.10. The van der Waals surface area contributed by atoms with E-state index in [4.69, 9.17) is 21.1 Å². The fraction of sp³-hybridized carbons (Fsp3) is 0.222. The van der Waals surface area contributed by atoms with Crippen molar-refractivity contribution in [1.82, 2.24) is 9.66 Å². The lowest BCUT2D eigenvalue weighted by Gasteiger charge is -2.15. The quantitative estimate of drug-likeness (QED) is 0.208. The van der Waals surface area contributed by atoms with Crippen LogP contribution in [0, 0.1) is 5.82 Å². The van der Waals surface area contributed by atoms with Gasteiger partial charge in [-0.1, -0.05) is 52.7 Å². The van der Waals surface area contributed by atoms with Crippen molar-refractivity contribution in [2.45, 2.75) is 33.3 Å². The Balaban J connectivity index is 1.70. The smallest absolute Gasteiger partial charge is 0.282 e. The molecule has 0 aliphatic carbocycles. The summed E-state index contributed by atoms with van der Waals surface area (Å²) < 4.78 is 27.7. The molecule has 0 unspecified atom stereocenters. The lowest BCUT2D eigenvalue weighted by molar-refractivity contribution is 0.266. The number of ether oxygens (including phenoxy) is 2. The highest BCUT2D eigenvalue weighted by atomic mass is 79.9. The molecule has 3 aromatic carbocycles. The highest BCUT2D eigenvalue weighted by Gasteiger charge is 2.15. The van der Waals surface area contributed by atoms with E-state index >= 15 is 0 Å². The zero-order valence-electron chi connectivity index (χ0n) is 19.8. The highest BCUT2D eigenvalue weighted by Crippen LogP contribution is 2.37. The third-order valence-corrected chi connectivity index (χ3v) is 6.11. The number of aryl methyl sites for hydroxylation is 1. The molecule has 0 saturated carbocycles. The van der Waals surface area contributed by atoms with Crippen LogP contribution in [0.1, 0.15) is 37.2 Å². The van der Waals surface area contributed by atoms with Gasteiger partial charge < -0.3 is 9.47 Å². The molecule has 0 atom stereocenters. The van der Waals surface area contributed by atoms with Crippen molar-refractivity contribution in [3.8, 4) is 11.5 Å². The van der Waals surface area contributed by atoms with Crippen LogP contribution in [0.4, 0.5) is 4.39 Å². The molecule has 1 aromatic heterocycles. The Labute approximate surface area is 221 Å². The lowest BCUT2D eigenvalue weighted by Crippen LogP contribution is -2.22. The number of benzene rings is 3. The van der Waals surface area contributed by atoms with Crippen molar-refractivity contribution in [1.29, 1.82) is 0 Å². The molecule has 0 bridgehead atoms. The molecule has 0 aliphatic rings. The number of aromatic nitrogens is 2. The first-order valence-corrected chi connectivity index (χ1v) is 12.7. The zero-order chi connectivity index (χ0) is 25.7. The SMILES string of the molecule is CCCc1nc2ccc(Br)cc2c(=O)n1N=Cc1cc(Cl)c(OCc2ccccc2F)c(OCC)c1. The monoisotopic (exact) mass is 571 g/mol. The van der Waals surface area contributed by atoms with Gasteiger partial charge in [0.05, 0.1) is 28.7 Å². The van der Waals surface area contributed by atoms with Gasteiger partial charge in [0.1, 0.15) is 18.2 Å². The van der Waals surface area contributed by atoms with Crippen LogP contribution in [-0.2, 0) is 13.0 Å². The summed E-state index contributed by atoms with van der Waals surface area (Å²) in [4.78, 5) is 17.9. The van der Waals surface area contributed by atoms with Crippen molar-refractivity contribution >= 4 is 44.6 Å². The molecule has 1 heterocycles. The maximum Gasteiger partial charge on any atom is 0.282 e. The minimum Gasteiger partial charge on any atom is -0.490 e. The Kier molecular flexibility index (Phi) is 8.38. The van der Waals surface area contributed by atoms with Crippen molar-refractivity contribution in [3.05, 3.63) is 97.2 Å². The van der Waals surface area contributed by atoms with E-state index in [0.29, 0.717) is 52.4 Å². The predicted octanol–water partition coefficient (Wildman–Crippen LogP) is 6.76. The summed E-state index contributed by atoms with van der Waals surface area (Å²) in [7, 11) is 0. The van der Waals surface area contributed by atoms with Crippen LogP contribution in [0.2, 0.25) is 5.02 Å². The molecule has 0 aliphatic heterocycles. The predicted molar refractivity (Wildman–Crippen MR) is 144 cm³/mol. The Morgan fingerprint density at radius 3 is 2.69 bits per heavy atom. The van der Waals surface area contributed by atoms with E-state index in [0.717, 1.165) is 10.9 Å². The fourth-order valence-electron chi connectivity index (χ4n) is 3.65. The number of hydrogen-bond acceptors (Lipinski definition) is 5. The summed E-state index contributed by atoms with van der Waals surface area (Å²) in [6, 6.07) is 15.1. The van der Waals surface area contributed by atoms with Crippen LogP contribution >= 0.6 is 27.5 Å². The van der Waals surface area contributed by atoms with E-state index in [-0.39, 0.29) is 23.0 Å². The van der Waals surface area contributed by atoms with Crippen LogP contribution in [0.5, 0.6) is 11.5 Å². The van der Waals surface area contributed by atoms with Gasteiger partial charge in [-0.2, -0.15) is 9.78 Å². The van der Waals surface area contributed by atoms with E-state index in [9.17, 15) is 9.18 Å². The van der Waals surface area contributed by atoms with Gasteiger partial charge in [-0.15, -0.1) is 0 Å². The third-order valence-electron chi connectivity index (χ3n) is 5.33. The standard InChI is InChI=1S/C27H24BrClFN3O3/c1-3-7-25-32-23-11-10-19(28)14-20(23)27(34)33(25)31-15-17-12-21(29)26(24(13-17)35-4-2)36-16-18-8-5-6-9-22(18)30/h5-6,8-15H,3-4,7,16H2,1-2H3. The van der Waals surface area contributed by atoms with Crippen molar-refractivity contribution in [2.75, 3.05) is 6.61 Å². The Hall–Kier alpha value is -3.23. The molecule has 0 radical (unpaired) electrons. The van der Waals surface area contributed by atoms with Gasteiger partial charge in [0.15, 0.2) is 11.5 Å². The molecule has 0 spiro atoms. The maximum absolute atomic E-state index is 14.0. The van der Waals surface area contributed by atoms with Crippen LogP contribution in [-0.4, -0.2) is 22.5 Å². The number of halogens is 3. The molecular formula is C27H24BrClFN3O3. The summed E-state index contributed by atoms with van der Waals surface area (Å²) in [5, 5.41) is 5.19. The molecule has 4 aromatic rings. The normalized spacial score (nSPS) is 11.4. The number of fused-ring (bicyclic) bond motifs is 1. The van der Waals surface area contributed by atoms with Crippen LogP contribution in [0.25, 0.3) is 10.9 Å². The molecule has 4 rings (SSSR count). The van der Waals surface area contributed by atoms with Crippen LogP contribution in [0.3, 0.4) is 0 Å². The van der Waals surface area contributed by atoms with Gasteiger partial charge in [-0.25, -0.2) is 9.37 Å². The average molecular weight is 573 g/mol. The van der Waals surface area contributed by atoms with E-state index < -0.39 is 0 Å². The van der Waals surface area contributed by atoms with Crippen molar-refractivity contribution in [2.24, 2.45) is 5.10 Å². The summed E-state index contributed by atoms with van der Waals surface area (Å²) in [5.74, 6) is 0.902. The number of rotatable bonds is 9. The topological polar surface area (TPSA) is 65.7 Å². The molecule has 36 heavy (non-hydrogen) atoms. The van der Waals surface area contributed by atoms with E-state index in [1.807, 2.05) is 26.0 Å². The van der Waals surface area contributed by atoms with Gasteiger partial charge in [0, 0.05) is 16.5 Å². The second-order valence-corrected chi connectivity index (χ2v) is 9.27. The average Bonchev–Trinajstić information content (AvgIpc) is 2.85. The van der Waals surface area contributed by atoms with Gasteiger partial charge in [0.25, 0.3) is 5.56 Å². The van der Waals surface area contributed by atoms with E-state index in [2.05, 4.69) is 26.0 Å². The summed E-state index contributed by atoms with van der Waals surface area (Å²) in [5.41, 5.74) is 1.36. The Morgan fingerprint density at radius 1 is 1.14 bits per heavy atom. The van der Waals surface area contributed by atoms with Gasteiger partial charge in [-0.05, 0) is 55.3 Å². The first-order valence-electron chi connectivity index (χ1n) is 11.5. The zero-order valence-corrected chi connectivity index (χ0v) is 22.1. The minimum absolute atomic E-state index is 0.00596. The first kappa shape index (κ1) is 25.9. The molecule has 0 amide bonds. The van der Waals surface area contributed by atoms with E-state index in [1.165, 1.54) is 17.0 Å². The van der Waals surface area contributed by atoms with Gasteiger partial charge >= 0.3 is 0 Å². The molecule has 0 N–H and O–H groups in total. The molecule has 0 saturated heterocycles. The molecule has 6 nitrogen and oxygen atoms in total. The van der Waals surface area contributed by atoms with Gasteiger partial charge in [-0.3, -0.25) is 4.79 Å². The van der Waals surface area contributed by atoms with Gasteiger partial charge in [0.2, 0.25) is 0 Å². The molecule has 9 heteroatoms. The summed E-state index contributed by atoms with van der Waals surface area (Å²) >= 11 is 9.93. The van der Waals surface area contributed by atoms with Crippen LogP contribution in [0.15, 0.2) is 69.0 Å². The minimum atomic E-state index is -0.361. The third kappa shape index (κ3) is 5.77. The Morgan fingerprint density at radius 2 is 1.94 bits per heavy atom. The number of hydrogen-bond donors (Lipinski definition) is 0. The second kappa shape index (κ2) is 11.7. The first-order chi connectivity index (χ1) is 17.4. The molecule has 186 valence electrons. The van der Waals surface area contributed by atoms with Crippen molar-refractivity contribution in [3.63, 3.8) is 0 Å². The summed E-state index contributed by atoms with van der Waals surface area (Å²) in [6.45, 7) is 4.22. The summed E-state index contributed by atoms with van der Waals surface area (Å²) in [6.07, 6.45) is 2.92. The second-order valence-electron chi connectivity index (χ2n) is 7.94. The van der Waals surface area contributed by atoms with E-state index in [1.54, 1.807) is 36.4 Å². The molecular weight excluding hydrogens is 549 g/mol. The van der Waals surface area contributed by atoms with Crippen molar-refractivity contribution < 1.29 is 13.9 Å². The largest absolute Gasteiger partial charge is 0.490 e. The lowest BCUT2D eigenvalue weighted by atomic mass is 10.2. The van der Waals surface area contributed by atoms with Crippen LogP contribution < -0.4 is 15.0 Å². The fourth-order valence-corrected chi connectivity index (χ4v) is 4.29. The maximum atomic E-state index is 14.0. The Bertz CT molecular complexity index is 1490. The molecule has 0 fully saturated rings.